The average Bonchev–Trinajstić information content (AvgIpc) is 2.54. The summed E-state index contributed by atoms with van der Waals surface area (Å²) in [5.74, 6) is -0.660. The molecule has 2 heterocycles. The van der Waals surface area contributed by atoms with Crippen molar-refractivity contribution in [1.82, 2.24) is 9.97 Å². The quantitative estimate of drug-likeness (QED) is 0.537. The molecule has 0 radical (unpaired) electrons. The van der Waals surface area contributed by atoms with Crippen molar-refractivity contribution in [3.05, 3.63) is 73.8 Å². The number of nitrogens with zero attached hydrogens (tertiary/aromatic N) is 1. The summed E-state index contributed by atoms with van der Waals surface area (Å²) in [6.45, 7) is 0.0312. The molecule has 0 bridgehead atoms. The largest absolute Gasteiger partial charge is 0.455 e. The van der Waals surface area contributed by atoms with Crippen molar-refractivity contribution < 1.29 is 9.53 Å². The second-order valence-corrected chi connectivity index (χ2v) is 5.86. The normalized spacial score (nSPS) is 10.6. The van der Waals surface area contributed by atoms with Crippen molar-refractivity contribution in [2.75, 3.05) is 0 Å². The maximum atomic E-state index is 12.4. The Morgan fingerprint density at radius 1 is 1.27 bits per heavy atom. The van der Waals surface area contributed by atoms with Gasteiger partial charge in [0.05, 0.1) is 5.69 Å². The molecule has 1 N–H and O–H groups in total. The molecule has 0 amide bonds. The number of carbonyl (C=O) groups is 1. The van der Waals surface area contributed by atoms with Gasteiger partial charge >= 0.3 is 5.97 Å². The first-order valence-electron chi connectivity index (χ1n) is 6.53. The predicted octanol–water partition coefficient (Wildman–Crippen LogP) is 2.88. The Bertz CT molecular complexity index is 891. The summed E-state index contributed by atoms with van der Waals surface area (Å²) in [7, 11) is 0. The van der Waals surface area contributed by atoms with Crippen molar-refractivity contribution in [3.8, 4) is 0 Å². The highest BCUT2D eigenvalue weighted by molar-refractivity contribution is 14.1. The van der Waals surface area contributed by atoms with Crippen LogP contribution in [0.1, 0.15) is 16.1 Å². The van der Waals surface area contributed by atoms with E-state index in [1.165, 1.54) is 6.20 Å². The van der Waals surface area contributed by atoms with Gasteiger partial charge in [0.15, 0.2) is 0 Å². The number of halogens is 1. The molecule has 2 aromatic heterocycles. The molecule has 0 saturated carbocycles. The molecular formula is C16H11IN2O3. The lowest BCUT2D eigenvalue weighted by atomic mass is 10.1. The summed E-state index contributed by atoms with van der Waals surface area (Å²) in [5, 5.41) is 0.471. The van der Waals surface area contributed by atoms with Crippen LogP contribution < -0.4 is 5.43 Å². The number of benzene rings is 1. The molecule has 22 heavy (non-hydrogen) atoms. The maximum absolute atomic E-state index is 12.4. The standard InChI is InChI=1S/C16H11IN2O3/c17-10-4-5-14-12(7-10)15(20)13(8-19-14)16(21)22-9-11-3-1-2-6-18-11/h1-8H,9H2,(H,19,20). The van der Waals surface area contributed by atoms with E-state index in [0.717, 1.165) is 3.57 Å². The Balaban J connectivity index is 1.88. The van der Waals surface area contributed by atoms with Gasteiger partial charge in [0.25, 0.3) is 0 Å². The molecule has 0 unspecified atom stereocenters. The van der Waals surface area contributed by atoms with Crippen LogP contribution in [0.4, 0.5) is 0 Å². The van der Waals surface area contributed by atoms with Crippen LogP contribution in [0, 0.1) is 3.57 Å². The van der Waals surface area contributed by atoms with Gasteiger partial charge in [-0.2, -0.15) is 0 Å². The van der Waals surface area contributed by atoms with E-state index in [2.05, 4.69) is 32.6 Å². The topological polar surface area (TPSA) is 72.0 Å². The van der Waals surface area contributed by atoms with Gasteiger partial charge in [0, 0.05) is 26.9 Å². The Morgan fingerprint density at radius 2 is 2.14 bits per heavy atom. The molecule has 110 valence electrons. The number of hydrogen-bond donors (Lipinski definition) is 1. The minimum Gasteiger partial charge on any atom is -0.455 e. The van der Waals surface area contributed by atoms with Crippen LogP contribution >= 0.6 is 22.6 Å². The molecule has 5 nitrogen and oxygen atoms in total. The third kappa shape index (κ3) is 3.01. The Labute approximate surface area is 139 Å². The summed E-state index contributed by atoms with van der Waals surface area (Å²) in [6.07, 6.45) is 3.01. The zero-order valence-electron chi connectivity index (χ0n) is 11.4. The maximum Gasteiger partial charge on any atom is 0.344 e. The number of pyridine rings is 2. The Morgan fingerprint density at radius 3 is 2.91 bits per heavy atom. The first kappa shape index (κ1) is 14.7. The van der Waals surface area contributed by atoms with E-state index in [1.54, 1.807) is 30.5 Å². The fraction of sp³-hybridized carbons (Fsp3) is 0.0625. The molecule has 3 rings (SSSR count). The molecule has 1 aromatic carbocycles. The highest BCUT2D eigenvalue weighted by Crippen LogP contribution is 2.13. The number of aromatic amines is 1. The number of carbonyl (C=O) groups excluding carboxylic acids is 1. The Kier molecular flexibility index (Phi) is 4.19. The summed E-state index contributed by atoms with van der Waals surface area (Å²) < 4.78 is 6.08. The predicted molar refractivity (Wildman–Crippen MR) is 90.6 cm³/mol. The molecule has 0 fully saturated rings. The van der Waals surface area contributed by atoms with Crippen LogP contribution in [0.25, 0.3) is 10.9 Å². The van der Waals surface area contributed by atoms with Crippen molar-refractivity contribution in [2.24, 2.45) is 0 Å². The number of fused-ring (bicyclic) bond motifs is 1. The molecule has 0 aliphatic carbocycles. The molecule has 0 aliphatic heterocycles. The van der Waals surface area contributed by atoms with Crippen LogP contribution in [-0.4, -0.2) is 15.9 Å². The molecule has 0 aliphatic rings. The number of esters is 1. The SMILES string of the molecule is O=C(OCc1ccccn1)c1c[nH]c2ccc(I)cc2c1=O. The van der Waals surface area contributed by atoms with Gasteiger partial charge in [0.2, 0.25) is 5.43 Å². The fourth-order valence-corrected chi connectivity index (χ4v) is 2.53. The molecule has 0 saturated heterocycles. The zero-order valence-corrected chi connectivity index (χ0v) is 13.5. The first-order chi connectivity index (χ1) is 10.6. The highest BCUT2D eigenvalue weighted by atomic mass is 127. The number of rotatable bonds is 3. The smallest absolute Gasteiger partial charge is 0.344 e. The van der Waals surface area contributed by atoms with Gasteiger partial charge in [-0.05, 0) is 52.9 Å². The number of nitrogens with one attached hydrogen (secondary N) is 1. The van der Waals surface area contributed by atoms with E-state index in [-0.39, 0.29) is 17.6 Å². The highest BCUT2D eigenvalue weighted by Gasteiger charge is 2.14. The van der Waals surface area contributed by atoms with E-state index in [4.69, 9.17) is 4.74 Å². The van der Waals surface area contributed by atoms with Gasteiger partial charge < -0.3 is 9.72 Å². The molecule has 0 atom stereocenters. The van der Waals surface area contributed by atoms with E-state index in [0.29, 0.717) is 16.6 Å². The monoisotopic (exact) mass is 406 g/mol. The summed E-state index contributed by atoms with van der Waals surface area (Å²) in [6, 6.07) is 10.8. The van der Waals surface area contributed by atoms with Crippen LogP contribution in [0.15, 0.2) is 53.6 Å². The number of H-pyrrole nitrogens is 1. The Hall–Kier alpha value is -2.22. The fourth-order valence-electron chi connectivity index (χ4n) is 2.04. The van der Waals surface area contributed by atoms with E-state index in [9.17, 15) is 9.59 Å². The third-order valence-corrected chi connectivity index (χ3v) is 3.81. The van der Waals surface area contributed by atoms with E-state index >= 15 is 0 Å². The van der Waals surface area contributed by atoms with E-state index < -0.39 is 5.97 Å². The van der Waals surface area contributed by atoms with Crippen LogP contribution in [-0.2, 0) is 11.3 Å². The van der Waals surface area contributed by atoms with Crippen LogP contribution in [0.3, 0.4) is 0 Å². The summed E-state index contributed by atoms with van der Waals surface area (Å²) >= 11 is 2.12. The zero-order chi connectivity index (χ0) is 15.5. The van der Waals surface area contributed by atoms with Crippen molar-refractivity contribution >= 4 is 39.5 Å². The van der Waals surface area contributed by atoms with Crippen molar-refractivity contribution in [3.63, 3.8) is 0 Å². The second kappa shape index (κ2) is 6.27. The van der Waals surface area contributed by atoms with Crippen LogP contribution in [0.2, 0.25) is 0 Å². The minimum atomic E-state index is -0.660. The van der Waals surface area contributed by atoms with Gasteiger partial charge in [0.1, 0.15) is 12.2 Å². The molecule has 0 spiro atoms. The van der Waals surface area contributed by atoms with Crippen molar-refractivity contribution in [2.45, 2.75) is 6.61 Å². The third-order valence-electron chi connectivity index (χ3n) is 3.14. The van der Waals surface area contributed by atoms with E-state index in [1.807, 2.05) is 12.1 Å². The lowest BCUT2D eigenvalue weighted by molar-refractivity contribution is 0.0466. The van der Waals surface area contributed by atoms with Crippen molar-refractivity contribution in [1.29, 1.82) is 0 Å². The second-order valence-electron chi connectivity index (χ2n) is 4.62. The summed E-state index contributed by atoms with van der Waals surface area (Å²) in [4.78, 5) is 31.5. The minimum absolute atomic E-state index is 0.00886. The van der Waals surface area contributed by atoms with Gasteiger partial charge in [-0.3, -0.25) is 9.78 Å². The average molecular weight is 406 g/mol. The molecular weight excluding hydrogens is 395 g/mol. The number of ether oxygens (including phenoxy) is 1. The van der Waals surface area contributed by atoms with Crippen LogP contribution in [0.5, 0.6) is 0 Å². The first-order valence-corrected chi connectivity index (χ1v) is 7.61. The number of hydrogen-bond acceptors (Lipinski definition) is 4. The van der Waals surface area contributed by atoms with Gasteiger partial charge in [-0.15, -0.1) is 0 Å². The lowest BCUT2D eigenvalue weighted by Gasteiger charge is -2.05. The van der Waals surface area contributed by atoms with Gasteiger partial charge in [-0.25, -0.2) is 4.79 Å². The molecule has 6 heteroatoms. The number of aromatic nitrogens is 2. The van der Waals surface area contributed by atoms with Gasteiger partial charge in [-0.1, -0.05) is 6.07 Å². The lowest BCUT2D eigenvalue weighted by Crippen LogP contribution is -2.18. The molecule has 3 aromatic rings. The summed E-state index contributed by atoms with van der Waals surface area (Å²) in [5.41, 5.74) is 0.970.